The molecular weight excluding hydrogens is 274 g/mol. The lowest BCUT2D eigenvalue weighted by Crippen LogP contribution is -2.35. The lowest BCUT2D eigenvalue weighted by molar-refractivity contribution is 0.832. The molecule has 0 bridgehead atoms. The van der Waals surface area contributed by atoms with E-state index < -0.39 is 11.2 Å². The van der Waals surface area contributed by atoms with Gasteiger partial charge in [0.05, 0.1) is 11.3 Å². The number of hydrogen-bond donors (Lipinski definition) is 1. The van der Waals surface area contributed by atoms with E-state index >= 15 is 0 Å². The van der Waals surface area contributed by atoms with Crippen molar-refractivity contribution in [2.45, 2.75) is 27.2 Å². The van der Waals surface area contributed by atoms with E-state index in [1.54, 1.807) is 0 Å². The van der Waals surface area contributed by atoms with Crippen molar-refractivity contribution < 1.29 is 0 Å². The first-order chi connectivity index (χ1) is 8.45. The van der Waals surface area contributed by atoms with E-state index in [2.05, 4.69) is 9.97 Å². The molecule has 2 aromatic rings. The number of aromatic nitrogens is 3. The Balaban J connectivity index is 2.80. The van der Waals surface area contributed by atoms with Gasteiger partial charge in [0.15, 0.2) is 0 Å². The molecule has 5 nitrogen and oxygen atoms in total. The molecule has 96 valence electrons. The summed E-state index contributed by atoms with van der Waals surface area (Å²) in [5.74, 6) is 0. The van der Waals surface area contributed by atoms with Crippen LogP contribution in [0.3, 0.4) is 0 Å². The Labute approximate surface area is 112 Å². The van der Waals surface area contributed by atoms with Crippen molar-refractivity contribution in [3.63, 3.8) is 0 Å². The Morgan fingerprint density at radius 1 is 1.39 bits per heavy atom. The van der Waals surface area contributed by atoms with Gasteiger partial charge in [-0.1, -0.05) is 18.5 Å². The largest absolute Gasteiger partial charge is 0.336 e. The lowest BCUT2D eigenvalue weighted by Gasteiger charge is -2.04. The van der Waals surface area contributed by atoms with Crippen molar-refractivity contribution in [3.8, 4) is 5.13 Å². The third-order valence-electron chi connectivity index (χ3n) is 2.71. The monoisotopic (exact) mass is 285 g/mol. The minimum absolute atomic E-state index is 0.105. The average Bonchev–Trinajstić information content (AvgIpc) is 2.58. The number of rotatable bonds is 2. The summed E-state index contributed by atoms with van der Waals surface area (Å²) in [6.07, 6.45) is 0.456. The zero-order valence-corrected chi connectivity index (χ0v) is 11.8. The molecular formula is C11H12ClN3O2S. The van der Waals surface area contributed by atoms with Crippen LogP contribution in [0.5, 0.6) is 0 Å². The van der Waals surface area contributed by atoms with E-state index in [4.69, 9.17) is 11.6 Å². The molecule has 7 heteroatoms. The first-order valence-corrected chi connectivity index (χ1v) is 6.63. The van der Waals surface area contributed by atoms with Crippen LogP contribution in [0.2, 0.25) is 5.15 Å². The van der Waals surface area contributed by atoms with Gasteiger partial charge in [-0.15, -0.1) is 11.3 Å². The van der Waals surface area contributed by atoms with Gasteiger partial charge < -0.3 is 0 Å². The number of halogens is 1. The van der Waals surface area contributed by atoms with Crippen molar-refractivity contribution >= 4 is 22.9 Å². The summed E-state index contributed by atoms with van der Waals surface area (Å²) in [6.45, 7) is 5.54. The second-order valence-electron chi connectivity index (χ2n) is 3.85. The molecule has 0 amide bonds. The normalized spacial score (nSPS) is 10.9. The highest BCUT2D eigenvalue weighted by Crippen LogP contribution is 2.18. The first-order valence-electron chi connectivity index (χ1n) is 5.43. The summed E-state index contributed by atoms with van der Waals surface area (Å²) in [7, 11) is 0. The molecule has 0 saturated heterocycles. The highest BCUT2D eigenvalue weighted by molar-refractivity contribution is 7.14. The fourth-order valence-corrected chi connectivity index (χ4v) is 2.78. The van der Waals surface area contributed by atoms with E-state index in [-0.39, 0.29) is 5.15 Å². The number of H-pyrrole nitrogens is 1. The Hall–Kier alpha value is -1.40. The molecule has 0 aliphatic rings. The molecule has 18 heavy (non-hydrogen) atoms. The molecule has 0 spiro atoms. The molecule has 0 fully saturated rings. The van der Waals surface area contributed by atoms with Crippen LogP contribution in [0.15, 0.2) is 9.59 Å². The smallest absolute Gasteiger partial charge is 0.297 e. The van der Waals surface area contributed by atoms with Crippen LogP contribution in [0.1, 0.15) is 23.1 Å². The van der Waals surface area contributed by atoms with Crippen molar-refractivity contribution in [1.82, 2.24) is 14.5 Å². The fraction of sp³-hybridized carbons (Fsp3) is 0.364. The highest BCUT2D eigenvalue weighted by Gasteiger charge is 2.15. The molecule has 0 aliphatic carbocycles. The summed E-state index contributed by atoms with van der Waals surface area (Å²) in [4.78, 5) is 31.7. The van der Waals surface area contributed by atoms with Gasteiger partial charge in [0, 0.05) is 4.88 Å². The molecule has 0 atom stereocenters. The van der Waals surface area contributed by atoms with Crippen LogP contribution < -0.4 is 11.2 Å². The van der Waals surface area contributed by atoms with Gasteiger partial charge in [-0.3, -0.25) is 9.78 Å². The summed E-state index contributed by atoms with van der Waals surface area (Å²) in [5.41, 5.74) is 0.243. The minimum Gasteiger partial charge on any atom is -0.297 e. The molecule has 1 N–H and O–H groups in total. The molecule has 2 aromatic heterocycles. The van der Waals surface area contributed by atoms with E-state index in [0.717, 1.165) is 15.1 Å². The van der Waals surface area contributed by atoms with E-state index in [9.17, 15) is 9.59 Å². The second-order valence-corrected chi connectivity index (χ2v) is 5.41. The van der Waals surface area contributed by atoms with Crippen molar-refractivity contribution in [2.75, 3.05) is 0 Å². The molecule has 0 aliphatic heterocycles. The number of aryl methyl sites for hydroxylation is 2. The number of aromatic amines is 1. The summed E-state index contributed by atoms with van der Waals surface area (Å²) >= 11 is 7.15. The van der Waals surface area contributed by atoms with E-state index in [1.807, 2.05) is 20.8 Å². The van der Waals surface area contributed by atoms with Crippen LogP contribution in [-0.2, 0) is 6.42 Å². The molecule has 0 radical (unpaired) electrons. The first kappa shape index (κ1) is 13.0. The number of nitrogens with zero attached hydrogens (tertiary/aromatic N) is 2. The molecule has 2 heterocycles. The van der Waals surface area contributed by atoms with Gasteiger partial charge in [0.25, 0.3) is 5.56 Å². The SMILES string of the molecule is CCc1c(Cl)[nH]c(=O)n(-c2nc(C)c(C)s2)c1=O. The summed E-state index contributed by atoms with van der Waals surface area (Å²) in [6, 6.07) is 0. The molecule has 0 aromatic carbocycles. The number of nitrogens with one attached hydrogen (secondary N) is 1. The standard InChI is InChI=1S/C11H12ClN3O2S/c1-4-7-8(12)14-10(17)15(9(7)16)11-13-5(2)6(3)18-11/h4H2,1-3H3,(H,14,17). The van der Waals surface area contributed by atoms with Gasteiger partial charge in [-0.05, 0) is 20.3 Å². The van der Waals surface area contributed by atoms with Crippen LogP contribution >= 0.6 is 22.9 Å². The maximum absolute atomic E-state index is 12.2. The van der Waals surface area contributed by atoms with Gasteiger partial charge in [-0.2, -0.15) is 0 Å². The third kappa shape index (κ3) is 2.02. The van der Waals surface area contributed by atoms with Crippen LogP contribution in [0, 0.1) is 13.8 Å². The quantitative estimate of drug-likeness (QED) is 0.856. The van der Waals surface area contributed by atoms with Gasteiger partial charge in [0.1, 0.15) is 5.15 Å². The summed E-state index contributed by atoms with van der Waals surface area (Å²) < 4.78 is 1.04. The Morgan fingerprint density at radius 2 is 2.06 bits per heavy atom. The lowest BCUT2D eigenvalue weighted by atomic mass is 10.2. The van der Waals surface area contributed by atoms with Gasteiger partial charge in [0.2, 0.25) is 5.13 Å². The maximum atomic E-state index is 12.2. The van der Waals surface area contributed by atoms with Crippen LogP contribution in [0.25, 0.3) is 5.13 Å². The predicted octanol–water partition coefficient (Wildman–Crippen LogP) is 1.81. The van der Waals surface area contributed by atoms with Crippen LogP contribution in [-0.4, -0.2) is 14.5 Å². The third-order valence-corrected chi connectivity index (χ3v) is 4.09. The Morgan fingerprint density at radius 3 is 2.56 bits per heavy atom. The summed E-state index contributed by atoms with van der Waals surface area (Å²) in [5, 5.41) is 0.483. The van der Waals surface area contributed by atoms with Crippen molar-refractivity contribution in [3.05, 3.63) is 42.1 Å². The van der Waals surface area contributed by atoms with Gasteiger partial charge >= 0.3 is 5.69 Å². The zero-order valence-electron chi connectivity index (χ0n) is 10.2. The minimum atomic E-state index is -0.559. The topological polar surface area (TPSA) is 67.8 Å². The average molecular weight is 286 g/mol. The molecule has 0 unspecified atom stereocenters. The second kappa shape index (κ2) is 4.70. The number of thiazole rings is 1. The Bertz CT molecular complexity index is 695. The number of hydrogen-bond acceptors (Lipinski definition) is 4. The predicted molar refractivity (Wildman–Crippen MR) is 72.2 cm³/mol. The molecule has 2 rings (SSSR count). The zero-order chi connectivity index (χ0) is 13.4. The van der Waals surface area contributed by atoms with E-state index in [1.165, 1.54) is 11.3 Å². The fourth-order valence-electron chi connectivity index (χ4n) is 1.58. The Kier molecular flexibility index (Phi) is 3.41. The van der Waals surface area contributed by atoms with Crippen LogP contribution in [0.4, 0.5) is 0 Å². The molecule has 0 saturated carbocycles. The van der Waals surface area contributed by atoms with Crippen molar-refractivity contribution in [2.24, 2.45) is 0 Å². The van der Waals surface area contributed by atoms with E-state index in [0.29, 0.717) is 17.1 Å². The highest BCUT2D eigenvalue weighted by atomic mass is 35.5. The van der Waals surface area contributed by atoms with Crippen molar-refractivity contribution in [1.29, 1.82) is 0 Å². The maximum Gasteiger partial charge on any atom is 0.336 e. The van der Waals surface area contributed by atoms with Gasteiger partial charge in [-0.25, -0.2) is 14.3 Å².